The van der Waals surface area contributed by atoms with Gasteiger partial charge in [-0.25, -0.2) is 4.79 Å². The Hall–Kier alpha value is -5.39. The van der Waals surface area contributed by atoms with Crippen LogP contribution in [-0.2, 0) is 51.3 Å². The predicted molar refractivity (Wildman–Crippen MR) is 191 cm³/mol. The van der Waals surface area contributed by atoms with Crippen molar-refractivity contribution in [3.05, 3.63) is 35.4 Å². The van der Waals surface area contributed by atoms with Crippen molar-refractivity contribution >= 4 is 47.6 Å². The van der Waals surface area contributed by atoms with Crippen LogP contribution < -0.4 is 21.9 Å². The van der Waals surface area contributed by atoms with Gasteiger partial charge in [0.2, 0.25) is 11.8 Å². The number of carbonyl (C=O) groups is 8. The van der Waals surface area contributed by atoms with E-state index in [9.17, 15) is 46.7 Å². The molecule has 23 heteroatoms. The van der Waals surface area contributed by atoms with Crippen LogP contribution in [0, 0.1) is 5.92 Å². The lowest BCUT2D eigenvalue weighted by Crippen LogP contribution is -2.50. The van der Waals surface area contributed by atoms with Gasteiger partial charge in [0.05, 0.1) is 45.2 Å². The van der Waals surface area contributed by atoms with E-state index in [2.05, 4.69) is 16.2 Å². The third kappa shape index (κ3) is 24.0. The quantitative estimate of drug-likeness (QED) is 0.0609. The normalized spacial score (nSPS) is 13.6. The first-order valence-corrected chi connectivity index (χ1v) is 17.7. The number of nitrogens with zero attached hydrogens (tertiary/aromatic N) is 3. The van der Waals surface area contributed by atoms with Gasteiger partial charge in [-0.3, -0.25) is 59.1 Å². The van der Waals surface area contributed by atoms with Crippen LogP contribution in [0.4, 0.5) is 13.2 Å². The highest BCUT2D eigenvalue weighted by molar-refractivity contribution is 5.86. The van der Waals surface area contributed by atoms with Crippen LogP contribution in [-0.4, -0.2) is 159 Å². The minimum atomic E-state index is -5.08. The molecule has 57 heavy (non-hydrogen) atoms. The van der Waals surface area contributed by atoms with E-state index in [0.717, 1.165) is 35.5 Å². The van der Waals surface area contributed by atoms with Crippen molar-refractivity contribution in [2.75, 3.05) is 58.9 Å². The molecule has 3 amide bonds. The van der Waals surface area contributed by atoms with Gasteiger partial charge >= 0.3 is 36.0 Å². The van der Waals surface area contributed by atoms with E-state index >= 15 is 0 Å². The highest BCUT2D eigenvalue weighted by Crippen LogP contribution is 2.26. The summed E-state index contributed by atoms with van der Waals surface area (Å²) in [6.45, 7) is -2.37. The van der Waals surface area contributed by atoms with Crippen LogP contribution in [0.15, 0.2) is 24.3 Å². The fourth-order valence-corrected chi connectivity index (χ4v) is 5.61. The lowest BCUT2D eigenvalue weighted by atomic mass is 9.85. The Kier molecular flexibility index (Phi) is 22.4. The molecular weight excluding hydrogens is 771 g/mol. The number of carboxylic acid groups (broad SMARTS) is 5. The number of hydrogen-bond acceptors (Lipinski definition) is 12. The Morgan fingerprint density at radius 1 is 0.649 bits per heavy atom. The molecule has 0 aliphatic heterocycles. The summed E-state index contributed by atoms with van der Waals surface area (Å²) in [7, 11) is 0. The van der Waals surface area contributed by atoms with Crippen LogP contribution in [0.2, 0.25) is 0 Å². The maximum absolute atomic E-state index is 12.9. The minimum Gasteiger partial charge on any atom is -0.480 e. The molecule has 0 unspecified atom stereocenters. The van der Waals surface area contributed by atoms with Crippen LogP contribution >= 0.6 is 0 Å². The van der Waals surface area contributed by atoms with Gasteiger partial charge in [0.1, 0.15) is 0 Å². The van der Waals surface area contributed by atoms with Crippen LogP contribution in [0.1, 0.15) is 49.7 Å². The molecule has 0 saturated heterocycles. The Morgan fingerprint density at radius 2 is 1.07 bits per heavy atom. The average Bonchev–Trinajstić information content (AvgIpc) is 3.10. The standard InChI is InChI=1S/C32H49N7O11.C2HF3O2/c33-25(14-22-4-2-1-3-5-22)32(50)36-35-26(40)15-23-6-8-24(9-7-23)16-34-27(41)17-37(10-12-38(18-28(42)43)19-29(44)45)11-13-39(20-30(46)47)21-31(48)49;3-2(4,5)1(6)7/h6-9,22,25H,1-5,10-21,33H2,(H,34,41)(H,35,40)(H,36,50)(H,42,43)(H,44,45)(H,46,47)(H,48,49);(H,6,7)/t25-;/m1./s1. The number of rotatable bonds is 23. The van der Waals surface area contributed by atoms with E-state index in [4.69, 9.17) is 36.1 Å². The molecule has 0 bridgehead atoms. The molecular formula is C34H50F3N7O13. The van der Waals surface area contributed by atoms with Gasteiger partial charge in [-0.1, -0.05) is 56.4 Å². The van der Waals surface area contributed by atoms with Gasteiger partial charge in [0.15, 0.2) is 0 Å². The average molecular weight is 822 g/mol. The van der Waals surface area contributed by atoms with Crippen molar-refractivity contribution < 1.29 is 77.1 Å². The number of nitrogens with one attached hydrogen (secondary N) is 3. The maximum atomic E-state index is 12.9. The van der Waals surface area contributed by atoms with Gasteiger partial charge in [-0.05, 0) is 23.5 Å². The molecule has 2 rings (SSSR count). The smallest absolute Gasteiger partial charge is 0.480 e. The number of hydrogen-bond donors (Lipinski definition) is 9. The number of amides is 3. The number of carboxylic acids is 5. The SMILES string of the molecule is N[C@H](CC1CCCCC1)C(=O)NNC(=O)Cc1ccc(CNC(=O)CN(CCN(CC(=O)O)CC(=O)O)CCN(CC(=O)O)CC(=O)O)cc1.O=C(O)C(F)(F)F. The lowest BCUT2D eigenvalue weighted by molar-refractivity contribution is -0.192. The second-order valence-corrected chi connectivity index (χ2v) is 13.2. The summed E-state index contributed by atoms with van der Waals surface area (Å²) < 4.78 is 31.7. The second kappa shape index (κ2) is 25.7. The van der Waals surface area contributed by atoms with E-state index in [0.29, 0.717) is 23.5 Å². The molecule has 0 radical (unpaired) electrons. The number of carbonyl (C=O) groups excluding carboxylic acids is 3. The van der Waals surface area contributed by atoms with Crippen molar-refractivity contribution in [1.29, 1.82) is 0 Å². The van der Waals surface area contributed by atoms with Crippen molar-refractivity contribution in [1.82, 2.24) is 30.9 Å². The van der Waals surface area contributed by atoms with Gasteiger partial charge in [0.25, 0.3) is 5.91 Å². The fourth-order valence-electron chi connectivity index (χ4n) is 5.61. The molecule has 320 valence electrons. The van der Waals surface area contributed by atoms with E-state index in [1.807, 2.05) is 0 Å². The highest BCUT2D eigenvalue weighted by Gasteiger charge is 2.38. The third-order valence-corrected chi connectivity index (χ3v) is 8.36. The van der Waals surface area contributed by atoms with E-state index in [1.54, 1.807) is 29.2 Å². The maximum Gasteiger partial charge on any atom is 0.490 e. The van der Waals surface area contributed by atoms with Crippen LogP contribution in [0.5, 0.6) is 0 Å². The first-order valence-electron chi connectivity index (χ1n) is 17.7. The molecule has 20 nitrogen and oxygen atoms in total. The summed E-state index contributed by atoms with van der Waals surface area (Å²) in [5, 5.41) is 46.4. The summed E-state index contributed by atoms with van der Waals surface area (Å²) in [5.74, 6) is -8.63. The monoisotopic (exact) mass is 821 g/mol. The largest absolute Gasteiger partial charge is 0.490 e. The van der Waals surface area contributed by atoms with E-state index in [1.165, 1.54) is 6.42 Å². The van der Waals surface area contributed by atoms with Gasteiger partial charge in [-0.15, -0.1) is 0 Å². The molecule has 1 aliphatic carbocycles. The number of aliphatic carboxylic acids is 5. The van der Waals surface area contributed by atoms with E-state index in [-0.39, 0.29) is 45.7 Å². The molecule has 10 N–H and O–H groups in total. The Morgan fingerprint density at radius 3 is 1.49 bits per heavy atom. The molecule has 1 aromatic carbocycles. The minimum absolute atomic E-state index is 0.0126. The topological polar surface area (TPSA) is 310 Å². The van der Waals surface area contributed by atoms with Gasteiger partial charge < -0.3 is 36.6 Å². The first kappa shape index (κ1) is 49.6. The number of hydrazine groups is 1. The molecule has 1 saturated carbocycles. The molecule has 1 aliphatic rings. The lowest BCUT2D eigenvalue weighted by Gasteiger charge is -2.28. The summed E-state index contributed by atoms with van der Waals surface area (Å²) in [6, 6.07) is 6.12. The summed E-state index contributed by atoms with van der Waals surface area (Å²) >= 11 is 0. The molecule has 1 fully saturated rings. The summed E-state index contributed by atoms with van der Waals surface area (Å²) in [4.78, 5) is 95.1. The zero-order chi connectivity index (χ0) is 43.1. The zero-order valence-electron chi connectivity index (χ0n) is 31.0. The molecule has 0 heterocycles. The Balaban J connectivity index is 0.00000211. The number of nitrogens with two attached hydrogens (primary N) is 1. The van der Waals surface area contributed by atoms with Gasteiger partial charge in [-0.2, -0.15) is 13.2 Å². The molecule has 1 aromatic rings. The molecule has 0 spiro atoms. The Bertz CT molecular complexity index is 1440. The third-order valence-electron chi connectivity index (χ3n) is 8.36. The van der Waals surface area contributed by atoms with Crippen molar-refractivity contribution in [3.8, 4) is 0 Å². The molecule has 0 aromatic heterocycles. The number of alkyl halides is 3. The van der Waals surface area contributed by atoms with Gasteiger partial charge in [0, 0.05) is 32.7 Å². The van der Waals surface area contributed by atoms with Crippen LogP contribution in [0.25, 0.3) is 0 Å². The van der Waals surface area contributed by atoms with Crippen LogP contribution in [0.3, 0.4) is 0 Å². The van der Waals surface area contributed by atoms with Crippen molar-refractivity contribution in [2.24, 2.45) is 11.7 Å². The zero-order valence-corrected chi connectivity index (χ0v) is 31.0. The highest BCUT2D eigenvalue weighted by atomic mass is 19.4. The number of halogens is 3. The predicted octanol–water partition coefficient (Wildman–Crippen LogP) is -0.832. The Labute approximate surface area is 325 Å². The number of benzene rings is 1. The summed E-state index contributed by atoms with van der Waals surface area (Å²) in [5.41, 5.74) is 12.2. The first-order chi connectivity index (χ1) is 26.6. The second-order valence-electron chi connectivity index (χ2n) is 13.2. The van der Waals surface area contributed by atoms with Crippen molar-refractivity contribution in [2.45, 2.75) is 63.7 Å². The summed E-state index contributed by atoms with van der Waals surface area (Å²) in [6.07, 6.45) is 1.08. The molecule has 1 atom stereocenters. The van der Waals surface area contributed by atoms with Crippen molar-refractivity contribution in [3.63, 3.8) is 0 Å². The van der Waals surface area contributed by atoms with E-state index < -0.39 is 86.0 Å². The fraction of sp³-hybridized carbons (Fsp3) is 0.588.